The lowest BCUT2D eigenvalue weighted by molar-refractivity contribution is 0.0984. The Balaban J connectivity index is 1.97. The molecule has 140 valence electrons. The van der Waals surface area contributed by atoms with Crippen molar-refractivity contribution in [3.63, 3.8) is 0 Å². The van der Waals surface area contributed by atoms with Crippen LogP contribution in [0.25, 0.3) is 10.6 Å². The van der Waals surface area contributed by atoms with Gasteiger partial charge in [0.2, 0.25) is 5.13 Å². The number of benzene rings is 2. The lowest BCUT2D eigenvalue weighted by atomic mass is 10.1. The Kier molecular flexibility index (Phi) is 5.71. The zero-order valence-corrected chi connectivity index (χ0v) is 16.5. The number of para-hydroxylation sites is 1. The molecule has 0 N–H and O–H groups in total. The smallest absolute Gasteiger partial charge is 0.264 e. The largest absolute Gasteiger partial charge is 0.493 e. The highest BCUT2D eigenvalue weighted by molar-refractivity contribution is 7.18. The number of methoxy groups -OCH3 is 2. The molecule has 2 aromatic carbocycles. The fourth-order valence-electron chi connectivity index (χ4n) is 2.81. The van der Waals surface area contributed by atoms with Gasteiger partial charge in [-0.2, -0.15) is 0 Å². The van der Waals surface area contributed by atoms with Gasteiger partial charge in [0.25, 0.3) is 5.91 Å². The first-order chi connectivity index (χ1) is 13.1. The van der Waals surface area contributed by atoms with Crippen LogP contribution in [0.15, 0.2) is 42.5 Å². The van der Waals surface area contributed by atoms with Gasteiger partial charge < -0.3 is 9.47 Å². The zero-order chi connectivity index (χ0) is 19.4. The van der Waals surface area contributed by atoms with Crippen molar-refractivity contribution < 1.29 is 14.3 Å². The molecule has 0 aliphatic rings. The number of carbonyl (C=O) groups excluding carboxylic acids is 1. The minimum absolute atomic E-state index is 0.208. The van der Waals surface area contributed by atoms with E-state index in [1.807, 2.05) is 38.1 Å². The van der Waals surface area contributed by atoms with E-state index < -0.39 is 0 Å². The number of hydrogen-bond acceptors (Lipinski definition) is 6. The highest BCUT2D eigenvalue weighted by atomic mass is 32.1. The Bertz CT molecular complexity index is 955. The molecule has 0 unspecified atom stereocenters. The van der Waals surface area contributed by atoms with Crippen LogP contribution in [0.2, 0.25) is 0 Å². The minimum atomic E-state index is -0.208. The predicted octanol–water partition coefficient (Wildman–Crippen LogP) is 4.20. The topological polar surface area (TPSA) is 64.6 Å². The standard InChI is InChI=1S/C20H21N3O3S/c1-5-23(19(24)15-11-8-12-16(25-3)17(15)26-4)20-22-21-18(27-20)14-10-7-6-9-13(14)2/h6-12H,5H2,1-4H3. The monoisotopic (exact) mass is 383 g/mol. The van der Waals surface area contributed by atoms with Gasteiger partial charge in [-0.1, -0.05) is 41.7 Å². The molecule has 3 aromatic rings. The lowest BCUT2D eigenvalue weighted by Gasteiger charge is -2.19. The molecule has 1 heterocycles. The van der Waals surface area contributed by atoms with Gasteiger partial charge in [0, 0.05) is 12.1 Å². The number of rotatable bonds is 6. The van der Waals surface area contributed by atoms with Crippen molar-refractivity contribution >= 4 is 22.4 Å². The molecule has 0 atom stereocenters. The maximum atomic E-state index is 13.2. The minimum Gasteiger partial charge on any atom is -0.493 e. The predicted molar refractivity (Wildman–Crippen MR) is 107 cm³/mol. The van der Waals surface area contributed by atoms with Crippen LogP contribution in [0, 0.1) is 6.92 Å². The molecule has 0 aliphatic carbocycles. The van der Waals surface area contributed by atoms with Crippen LogP contribution in [-0.2, 0) is 0 Å². The molecule has 0 fully saturated rings. The van der Waals surface area contributed by atoms with Gasteiger partial charge in [-0.05, 0) is 31.5 Å². The summed E-state index contributed by atoms with van der Waals surface area (Å²) in [5, 5.41) is 9.87. The maximum Gasteiger partial charge on any atom is 0.264 e. The second-order valence-corrected chi connectivity index (χ2v) is 6.75. The average molecular weight is 383 g/mol. The molecule has 0 saturated carbocycles. The molecular weight excluding hydrogens is 362 g/mol. The van der Waals surface area contributed by atoms with Gasteiger partial charge in [0.1, 0.15) is 5.01 Å². The second kappa shape index (κ2) is 8.18. The van der Waals surface area contributed by atoms with Crippen LogP contribution in [-0.4, -0.2) is 36.9 Å². The molecule has 1 aromatic heterocycles. The van der Waals surface area contributed by atoms with E-state index in [1.165, 1.54) is 18.4 Å². The molecule has 0 saturated heterocycles. The molecule has 0 radical (unpaired) electrons. The molecule has 1 amide bonds. The van der Waals surface area contributed by atoms with E-state index in [0.717, 1.165) is 16.1 Å². The van der Waals surface area contributed by atoms with Gasteiger partial charge in [-0.25, -0.2) is 0 Å². The summed E-state index contributed by atoms with van der Waals surface area (Å²) in [6, 6.07) is 13.2. The van der Waals surface area contributed by atoms with E-state index in [9.17, 15) is 4.79 Å². The Morgan fingerprint density at radius 1 is 1.07 bits per heavy atom. The van der Waals surface area contributed by atoms with Crippen LogP contribution in [0.4, 0.5) is 5.13 Å². The molecule has 3 rings (SSSR count). The summed E-state index contributed by atoms with van der Waals surface area (Å²) >= 11 is 1.39. The van der Waals surface area contributed by atoms with Gasteiger partial charge in [-0.3, -0.25) is 9.69 Å². The van der Waals surface area contributed by atoms with Gasteiger partial charge in [-0.15, -0.1) is 10.2 Å². The highest BCUT2D eigenvalue weighted by Gasteiger charge is 2.25. The third kappa shape index (κ3) is 3.64. The van der Waals surface area contributed by atoms with E-state index in [1.54, 1.807) is 30.2 Å². The van der Waals surface area contributed by atoms with E-state index >= 15 is 0 Å². The molecule has 6 nitrogen and oxygen atoms in total. The molecule has 7 heteroatoms. The zero-order valence-electron chi connectivity index (χ0n) is 15.7. The number of aryl methyl sites for hydroxylation is 1. The van der Waals surface area contributed by atoms with E-state index in [2.05, 4.69) is 10.2 Å². The number of amides is 1. The molecule has 0 spiro atoms. The average Bonchev–Trinajstić information content (AvgIpc) is 3.17. The SMILES string of the molecule is CCN(C(=O)c1cccc(OC)c1OC)c1nnc(-c2ccccc2C)s1. The second-order valence-electron chi connectivity index (χ2n) is 5.80. The Morgan fingerprint density at radius 3 is 2.52 bits per heavy atom. The summed E-state index contributed by atoms with van der Waals surface area (Å²) in [4.78, 5) is 14.8. The summed E-state index contributed by atoms with van der Waals surface area (Å²) in [5.41, 5.74) is 2.55. The summed E-state index contributed by atoms with van der Waals surface area (Å²) in [6.45, 7) is 4.39. The fraction of sp³-hybridized carbons (Fsp3) is 0.250. The van der Waals surface area contributed by atoms with Crippen molar-refractivity contribution in [2.45, 2.75) is 13.8 Å². The van der Waals surface area contributed by atoms with Crippen molar-refractivity contribution in [1.82, 2.24) is 10.2 Å². The van der Waals surface area contributed by atoms with Crippen molar-refractivity contribution in [2.75, 3.05) is 25.7 Å². The van der Waals surface area contributed by atoms with Crippen LogP contribution in [0.3, 0.4) is 0 Å². The van der Waals surface area contributed by atoms with E-state index in [0.29, 0.717) is 28.7 Å². The van der Waals surface area contributed by atoms with Gasteiger partial charge in [0.15, 0.2) is 11.5 Å². The van der Waals surface area contributed by atoms with Crippen molar-refractivity contribution in [3.8, 4) is 22.1 Å². The lowest BCUT2D eigenvalue weighted by Crippen LogP contribution is -2.31. The first-order valence-corrected chi connectivity index (χ1v) is 9.34. The van der Waals surface area contributed by atoms with Crippen molar-refractivity contribution in [2.24, 2.45) is 0 Å². The molecule has 27 heavy (non-hydrogen) atoms. The summed E-state index contributed by atoms with van der Waals surface area (Å²) < 4.78 is 10.7. The van der Waals surface area contributed by atoms with Crippen LogP contribution >= 0.6 is 11.3 Å². The summed E-state index contributed by atoms with van der Waals surface area (Å²) in [6.07, 6.45) is 0. The third-order valence-electron chi connectivity index (χ3n) is 4.22. The first kappa shape index (κ1) is 18.8. The number of ether oxygens (including phenoxy) is 2. The van der Waals surface area contributed by atoms with Crippen molar-refractivity contribution in [3.05, 3.63) is 53.6 Å². The number of aromatic nitrogens is 2. The van der Waals surface area contributed by atoms with Gasteiger partial charge in [0.05, 0.1) is 19.8 Å². The molecular formula is C20H21N3O3S. The quantitative estimate of drug-likeness (QED) is 0.638. The van der Waals surface area contributed by atoms with E-state index in [-0.39, 0.29) is 5.91 Å². The Morgan fingerprint density at radius 2 is 1.85 bits per heavy atom. The normalized spacial score (nSPS) is 10.5. The number of hydrogen-bond donors (Lipinski definition) is 0. The van der Waals surface area contributed by atoms with Crippen molar-refractivity contribution in [1.29, 1.82) is 0 Å². The first-order valence-electron chi connectivity index (χ1n) is 8.53. The van der Waals surface area contributed by atoms with Crippen LogP contribution < -0.4 is 14.4 Å². The number of nitrogens with zero attached hydrogens (tertiary/aromatic N) is 3. The summed E-state index contributed by atoms with van der Waals surface area (Å²) in [5.74, 6) is 0.713. The summed E-state index contributed by atoms with van der Waals surface area (Å²) in [7, 11) is 3.06. The van der Waals surface area contributed by atoms with Gasteiger partial charge >= 0.3 is 0 Å². The maximum absolute atomic E-state index is 13.2. The number of anilines is 1. The van der Waals surface area contributed by atoms with E-state index in [4.69, 9.17) is 9.47 Å². The van der Waals surface area contributed by atoms with Crippen LogP contribution in [0.1, 0.15) is 22.8 Å². The van der Waals surface area contributed by atoms with Crippen LogP contribution in [0.5, 0.6) is 11.5 Å². The highest BCUT2D eigenvalue weighted by Crippen LogP contribution is 2.34. The Labute approximate surface area is 162 Å². The number of carbonyl (C=O) groups is 1. The molecule has 0 bridgehead atoms. The Hall–Kier alpha value is -2.93. The third-order valence-corrected chi connectivity index (χ3v) is 5.19. The molecule has 0 aliphatic heterocycles. The fourth-order valence-corrected chi connectivity index (χ4v) is 3.81.